The van der Waals surface area contributed by atoms with Crippen LogP contribution in [0.3, 0.4) is 0 Å². The maximum absolute atomic E-state index is 12.7. The zero-order valence-corrected chi connectivity index (χ0v) is 17.4. The molecule has 0 unspecified atom stereocenters. The van der Waals surface area contributed by atoms with Gasteiger partial charge in [0.15, 0.2) is 5.96 Å². The number of nitrogens with zero attached hydrogens (tertiary/aromatic N) is 1. The van der Waals surface area contributed by atoms with Gasteiger partial charge in [0.05, 0.1) is 12.5 Å². The molecule has 0 heterocycles. The minimum atomic E-state index is -1.56. The van der Waals surface area contributed by atoms with E-state index in [4.69, 9.17) is 22.9 Å². The third kappa shape index (κ3) is 9.75. The second-order valence-electron chi connectivity index (χ2n) is 7.06. The van der Waals surface area contributed by atoms with Crippen LogP contribution in [-0.4, -0.2) is 64.5 Å². The maximum Gasteiger partial charge on any atom is 0.326 e. The summed E-state index contributed by atoms with van der Waals surface area (Å²) in [6.07, 6.45) is 0.00331. The van der Waals surface area contributed by atoms with Gasteiger partial charge in [0, 0.05) is 13.0 Å². The number of carbonyl (C=O) groups excluding carboxylic acids is 3. The summed E-state index contributed by atoms with van der Waals surface area (Å²) >= 11 is 0. The van der Waals surface area contributed by atoms with Gasteiger partial charge < -0.3 is 43.8 Å². The van der Waals surface area contributed by atoms with E-state index in [-0.39, 0.29) is 31.1 Å². The smallest absolute Gasteiger partial charge is 0.326 e. The number of carboxylic acid groups (broad SMARTS) is 1. The highest BCUT2D eigenvalue weighted by atomic mass is 16.4. The Morgan fingerprint density at radius 1 is 0.969 bits per heavy atom. The number of primary amides is 1. The number of benzene rings is 1. The summed E-state index contributed by atoms with van der Waals surface area (Å²) in [4.78, 5) is 51.4. The largest absolute Gasteiger partial charge is 0.508 e. The molecule has 0 aromatic heterocycles. The Morgan fingerprint density at radius 3 is 2.09 bits per heavy atom. The lowest BCUT2D eigenvalue weighted by Crippen LogP contribution is -2.55. The molecule has 3 atom stereocenters. The molecule has 0 bridgehead atoms. The first kappa shape index (κ1) is 26.2. The molecule has 0 saturated heterocycles. The standard InChI is InChI=1S/C19H29N7O6/c20-12(2-1-7-24-19(22)23)16(29)25-13(8-10-3-5-11(27)6-4-10)17(30)26-14(18(31)32)9-15(21)28/h3-6,12-14,27H,1-2,7-9,20H2,(H2,21,28)(H,25,29)(H,26,30)(H,31,32)(H4,22,23,24)/t12-,13-,14-/m0/s1. The van der Waals surface area contributed by atoms with Crippen molar-refractivity contribution >= 4 is 29.7 Å². The number of hydrogen-bond acceptors (Lipinski definition) is 7. The van der Waals surface area contributed by atoms with Crippen LogP contribution >= 0.6 is 0 Å². The summed E-state index contributed by atoms with van der Waals surface area (Å²) < 4.78 is 0. The molecule has 0 spiro atoms. The molecular weight excluding hydrogens is 422 g/mol. The van der Waals surface area contributed by atoms with Crippen molar-refractivity contribution in [2.45, 2.75) is 43.8 Å². The average Bonchev–Trinajstić information content (AvgIpc) is 2.70. The van der Waals surface area contributed by atoms with E-state index >= 15 is 0 Å². The lowest BCUT2D eigenvalue weighted by Gasteiger charge is -2.22. The van der Waals surface area contributed by atoms with E-state index in [1.54, 1.807) is 0 Å². The molecule has 0 fully saturated rings. The number of amides is 3. The van der Waals surface area contributed by atoms with Gasteiger partial charge in [0.25, 0.3) is 0 Å². The molecule has 13 nitrogen and oxygen atoms in total. The predicted molar refractivity (Wildman–Crippen MR) is 115 cm³/mol. The van der Waals surface area contributed by atoms with E-state index in [0.717, 1.165) is 0 Å². The van der Waals surface area contributed by atoms with Crippen molar-refractivity contribution in [3.63, 3.8) is 0 Å². The number of nitrogens with one attached hydrogen (secondary N) is 2. The van der Waals surface area contributed by atoms with Crippen molar-refractivity contribution in [1.29, 1.82) is 0 Å². The van der Waals surface area contributed by atoms with Crippen molar-refractivity contribution in [1.82, 2.24) is 10.6 Å². The van der Waals surface area contributed by atoms with Gasteiger partial charge in [-0.05, 0) is 30.5 Å². The number of carbonyl (C=O) groups is 4. The van der Waals surface area contributed by atoms with Crippen LogP contribution in [0.4, 0.5) is 0 Å². The Labute approximate surface area is 184 Å². The fourth-order valence-electron chi connectivity index (χ4n) is 2.68. The third-order valence-corrected chi connectivity index (χ3v) is 4.33. The average molecular weight is 451 g/mol. The van der Waals surface area contributed by atoms with Crippen molar-refractivity contribution in [2.75, 3.05) is 6.54 Å². The first-order chi connectivity index (χ1) is 15.0. The van der Waals surface area contributed by atoms with E-state index < -0.39 is 48.2 Å². The molecule has 0 aliphatic rings. The number of phenols is 1. The van der Waals surface area contributed by atoms with Gasteiger partial charge >= 0.3 is 5.97 Å². The molecule has 0 radical (unpaired) electrons. The quantitative estimate of drug-likeness (QED) is 0.0877. The molecular formula is C19H29N7O6. The molecule has 12 N–H and O–H groups in total. The Kier molecular flexibility index (Phi) is 10.4. The highest BCUT2D eigenvalue weighted by molar-refractivity contribution is 5.93. The fraction of sp³-hybridized carbons (Fsp3) is 0.421. The first-order valence-electron chi connectivity index (χ1n) is 9.70. The molecule has 0 aliphatic carbocycles. The van der Waals surface area contributed by atoms with Gasteiger partial charge in [-0.25, -0.2) is 4.79 Å². The van der Waals surface area contributed by atoms with Gasteiger partial charge in [-0.2, -0.15) is 0 Å². The van der Waals surface area contributed by atoms with Gasteiger partial charge in [0.2, 0.25) is 17.7 Å². The maximum atomic E-state index is 12.7. The Morgan fingerprint density at radius 2 is 1.56 bits per heavy atom. The molecule has 3 amide bonds. The monoisotopic (exact) mass is 451 g/mol. The highest BCUT2D eigenvalue weighted by Gasteiger charge is 2.29. The Balaban J connectivity index is 2.91. The minimum Gasteiger partial charge on any atom is -0.508 e. The van der Waals surface area contributed by atoms with E-state index in [0.29, 0.717) is 12.0 Å². The Hall–Kier alpha value is -3.87. The molecule has 0 saturated carbocycles. The van der Waals surface area contributed by atoms with Crippen LogP contribution in [0.1, 0.15) is 24.8 Å². The summed E-state index contributed by atoms with van der Waals surface area (Å²) in [5.41, 5.74) is 21.9. The number of rotatable bonds is 13. The molecule has 176 valence electrons. The van der Waals surface area contributed by atoms with Crippen LogP contribution in [-0.2, 0) is 25.6 Å². The van der Waals surface area contributed by atoms with E-state index in [1.807, 2.05) is 0 Å². The molecule has 0 aliphatic heterocycles. The Bertz CT molecular complexity index is 839. The zero-order chi connectivity index (χ0) is 24.3. The summed E-state index contributed by atoms with van der Waals surface area (Å²) in [6, 6.07) is 2.13. The molecule has 13 heteroatoms. The topological polar surface area (TPSA) is 249 Å². The molecule has 1 aromatic carbocycles. The second kappa shape index (κ2) is 12.7. The van der Waals surface area contributed by atoms with Gasteiger partial charge in [-0.1, -0.05) is 12.1 Å². The lowest BCUT2D eigenvalue weighted by atomic mass is 10.0. The summed E-state index contributed by atoms with van der Waals surface area (Å²) in [5.74, 6) is -3.93. The van der Waals surface area contributed by atoms with Crippen molar-refractivity contribution in [2.24, 2.45) is 27.9 Å². The highest BCUT2D eigenvalue weighted by Crippen LogP contribution is 2.12. The SMILES string of the molecule is NC(=O)C[C@H](NC(=O)[C@H](Cc1ccc(O)cc1)NC(=O)[C@@H](N)CCCN=C(N)N)C(=O)O. The van der Waals surface area contributed by atoms with Crippen molar-refractivity contribution < 1.29 is 29.4 Å². The number of aliphatic imine (C=N–C) groups is 1. The summed E-state index contributed by atoms with van der Waals surface area (Å²) in [5, 5.41) is 23.3. The molecule has 1 aromatic rings. The van der Waals surface area contributed by atoms with E-state index in [2.05, 4.69) is 15.6 Å². The van der Waals surface area contributed by atoms with Crippen LogP contribution in [0, 0.1) is 0 Å². The third-order valence-electron chi connectivity index (χ3n) is 4.33. The predicted octanol–water partition coefficient (Wildman–Crippen LogP) is -2.75. The van der Waals surface area contributed by atoms with Gasteiger partial charge in [0.1, 0.15) is 17.8 Å². The van der Waals surface area contributed by atoms with Gasteiger partial charge in [-0.3, -0.25) is 19.4 Å². The minimum absolute atomic E-state index is 0.00832. The number of nitrogens with two attached hydrogens (primary N) is 4. The van der Waals surface area contributed by atoms with Crippen molar-refractivity contribution in [3.05, 3.63) is 29.8 Å². The summed E-state index contributed by atoms with van der Waals surface area (Å²) in [7, 11) is 0. The summed E-state index contributed by atoms with van der Waals surface area (Å²) in [6.45, 7) is 0.272. The molecule has 1 rings (SSSR count). The number of phenolic OH excluding ortho intramolecular Hbond substituents is 1. The van der Waals surface area contributed by atoms with Crippen LogP contribution in [0.15, 0.2) is 29.3 Å². The number of aliphatic carboxylic acids is 1. The van der Waals surface area contributed by atoms with Crippen LogP contribution in [0.5, 0.6) is 5.75 Å². The fourth-order valence-corrected chi connectivity index (χ4v) is 2.68. The number of aromatic hydroxyl groups is 1. The lowest BCUT2D eigenvalue weighted by molar-refractivity contribution is -0.143. The molecule has 32 heavy (non-hydrogen) atoms. The van der Waals surface area contributed by atoms with Crippen LogP contribution < -0.4 is 33.6 Å². The van der Waals surface area contributed by atoms with Crippen molar-refractivity contribution in [3.8, 4) is 5.75 Å². The zero-order valence-electron chi connectivity index (χ0n) is 17.4. The second-order valence-corrected chi connectivity index (χ2v) is 7.06. The number of guanidine groups is 1. The van der Waals surface area contributed by atoms with E-state index in [1.165, 1.54) is 24.3 Å². The first-order valence-corrected chi connectivity index (χ1v) is 9.70. The van der Waals surface area contributed by atoms with Crippen LogP contribution in [0.25, 0.3) is 0 Å². The number of hydrogen-bond donors (Lipinski definition) is 8. The van der Waals surface area contributed by atoms with Gasteiger partial charge in [-0.15, -0.1) is 0 Å². The van der Waals surface area contributed by atoms with E-state index in [9.17, 15) is 29.4 Å². The normalized spacial score (nSPS) is 13.3. The number of carboxylic acids is 1. The van der Waals surface area contributed by atoms with Crippen LogP contribution in [0.2, 0.25) is 0 Å².